The molecule has 0 aliphatic heterocycles. The molecule has 0 unspecified atom stereocenters. The Morgan fingerprint density at radius 3 is 2.70 bits per heavy atom. The van der Waals surface area contributed by atoms with Gasteiger partial charge in [-0.2, -0.15) is 10.2 Å². The van der Waals surface area contributed by atoms with Crippen molar-refractivity contribution in [1.82, 2.24) is 15.2 Å². The highest BCUT2D eigenvalue weighted by Gasteiger charge is 2.14. The molecule has 4 aromatic rings. The second-order valence-corrected chi connectivity index (χ2v) is 7.69. The summed E-state index contributed by atoms with van der Waals surface area (Å²) in [5.74, 6) is 0.160. The number of nitrogens with one attached hydrogen (secondary N) is 1. The molecule has 2 aromatic heterocycles. The third-order valence-corrected chi connectivity index (χ3v) is 5.12. The van der Waals surface area contributed by atoms with Gasteiger partial charge in [-0.15, -0.1) is 0 Å². The summed E-state index contributed by atoms with van der Waals surface area (Å²) in [5, 5.41) is 20.0. The molecule has 0 aliphatic carbocycles. The Balaban J connectivity index is 1.38. The normalized spacial score (nSPS) is 11.1. The van der Waals surface area contributed by atoms with Gasteiger partial charge < -0.3 is 4.42 Å². The Morgan fingerprint density at radius 2 is 1.94 bits per heavy atom. The van der Waals surface area contributed by atoms with Crippen LogP contribution in [0.4, 0.5) is 5.69 Å². The lowest BCUT2D eigenvalue weighted by Gasteiger charge is -2.02. The fourth-order valence-electron chi connectivity index (χ4n) is 2.94. The van der Waals surface area contributed by atoms with E-state index in [4.69, 9.17) is 27.6 Å². The minimum absolute atomic E-state index is 0.108. The van der Waals surface area contributed by atoms with E-state index in [0.29, 0.717) is 33.7 Å². The molecule has 166 valence electrons. The molecule has 0 radical (unpaired) electrons. The molecule has 2 heterocycles. The molecule has 0 saturated heterocycles. The lowest BCUT2D eigenvalue weighted by molar-refractivity contribution is -0.384. The SMILES string of the molecule is O=C(N/N=C/c1ccc(-c2cc([N+](=O)[O-])ccc2Cl)o1)c1ccn(Cc2ccc(Cl)cc2)n1. The van der Waals surface area contributed by atoms with Crippen LogP contribution in [0.2, 0.25) is 10.0 Å². The first kappa shape index (κ1) is 22.3. The van der Waals surface area contributed by atoms with Crippen molar-refractivity contribution in [3.05, 3.63) is 104 Å². The van der Waals surface area contributed by atoms with Crippen molar-refractivity contribution >= 4 is 41.0 Å². The number of furan rings is 1. The third-order valence-electron chi connectivity index (χ3n) is 4.54. The maximum atomic E-state index is 12.3. The van der Waals surface area contributed by atoms with E-state index in [1.54, 1.807) is 41.2 Å². The lowest BCUT2D eigenvalue weighted by atomic mass is 10.1. The zero-order valence-electron chi connectivity index (χ0n) is 16.8. The molecule has 9 nitrogen and oxygen atoms in total. The average molecular weight is 484 g/mol. The molecule has 1 N–H and O–H groups in total. The Kier molecular flexibility index (Phi) is 6.53. The summed E-state index contributed by atoms with van der Waals surface area (Å²) in [6.45, 7) is 0.489. The Hall–Kier alpha value is -3.95. The summed E-state index contributed by atoms with van der Waals surface area (Å²) in [6, 6.07) is 16.2. The molecule has 33 heavy (non-hydrogen) atoms. The van der Waals surface area contributed by atoms with Crippen molar-refractivity contribution in [2.75, 3.05) is 0 Å². The number of hydrogen-bond donors (Lipinski definition) is 1. The monoisotopic (exact) mass is 483 g/mol. The van der Waals surface area contributed by atoms with Crippen molar-refractivity contribution in [3.8, 4) is 11.3 Å². The minimum atomic E-state index is -0.516. The fraction of sp³-hybridized carbons (Fsp3) is 0.0455. The Bertz CT molecular complexity index is 1350. The molecule has 0 bridgehead atoms. The number of hydrogen-bond acceptors (Lipinski definition) is 6. The number of nitro groups is 1. The molecule has 1 amide bonds. The summed E-state index contributed by atoms with van der Waals surface area (Å²) in [7, 11) is 0. The molecule has 0 spiro atoms. The van der Waals surface area contributed by atoms with Crippen molar-refractivity contribution in [1.29, 1.82) is 0 Å². The average Bonchev–Trinajstić information content (AvgIpc) is 3.45. The topological polar surface area (TPSA) is 116 Å². The summed E-state index contributed by atoms with van der Waals surface area (Å²) in [4.78, 5) is 22.8. The second-order valence-electron chi connectivity index (χ2n) is 6.85. The molecule has 0 atom stereocenters. The maximum absolute atomic E-state index is 12.3. The van der Waals surface area contributed by atoms with Gasteiger partial charge in [0.1, 0.15) is 11.5 Å². The summed E-state index contributed by atoms with van der Waals surface area (Å²) in [5.41, 5.74) is 3.84. The van der Waals surface area contributed by atoms with Crippen LogP contribution in [0.3, 0.4) is 0 Å². The number of benzene rings is 2. The zero-order valence-corrected chi connectivity index (χ0v) is 18.3. The Labute approximate surface area is 197 Å². The van der Waals surface area contributed by atoms with Gasteiger partial charge in [0, 0.05) is 28.9 Å². The number of nitrogens with zero attached hydrogens (tertiary/aromatic N) is 4. The van der Waals surface area contributed by atoms with Gasteiger partial charge in [0.2, 0.25) is 0 Å². The van der Waals surface area contributed by atoms with E-state index in [0.717, 1.165) is 5.56 Å². The van der Waals surface area contributed by atoms with E-state index in [1.165, 1.54) is 24.4 Å². The first-order valence-corrected chi connectivity index (χ1v) is 10.3. The fourth-order valence-corrected chi connectivity index (χ4v) is 3.28. The second kappa shape index (κ2) is 9.68. The number of non-ortho nitro benzene ring substituents is 1. The zero-order chi connectivity index (χ0) is 23.4. The number of carbonyl (C=O) groups is 1. The van der Waals surface area contributed by atoms with Gasteiger partial charge in [0.15, 0.2) is 5.69 Å². The molecule has 0 fully saturated rings. The standard InChI is InChI=1S/C22H15Cl2N5O4/c23-15-3-1-14(2-4-15)13-28-10-9-20(27-28)22(30)26-25-12-17-6-8-21(33-17)18-11-16(29(31)32)5-7-19(18)24/h1-12H,13H2,(H,26,30)/b25-12+. The quantitative estimate of drug-likeness (QED) is 0.221. The van der Waals surface area contributed by atoms with Crippen LogP contribution >= 0.6 is 23.2 Å². The van der Waals surface area contributed by atoms with Crippen LogP contribution in [0.15, 0.2) is 76.4 Å². The van der Waals surface area contributed by atoms with E-state index in [2.05, 4.69) is 15.6 Å². The van der Waals surface area contributed by atoms with Crippen LogP contribution in [0.25, 0.3) is 11.3 Å². The van der Waals surface area contributed by atoms with Crippen molar-refractivity contribution in [2.24, 2.45) is 5.10 Å². The molecule has 11 heteroatoms. The molecular weight excluding hydrogens is 469 g/mol. The smallest absolute Gasteiger partial charge is 0.291 e. The highest BCUT2D eigenvalue weighted by molar-refractivity contribution is 6.33. The first-order chi connectivity index (χ1) is 15.9. The summed E-state index contributed by atoms with van der Waals surface area (Å²) < 4.78 is 7.24. The number of carbonyl (C=O) groups excluding carboxylic acids is 1. The van der Waals surface area contributed by atoms with Crippen LogP contribution < -0.4 is 5.43 Å². The van der Waals surface area contributed by atoms with Crippen molar-refractivity contribution in [3.63, 3.8) is 0 Å². The summed E-state index contributed by atoms with van der Waals surface area (Å²) in [6.07, 6.45) is 2.99. The molecule has 0 saturated carbocycles. The number of aromatic nitrogens is 2. The third kappa shape index (κ3) is 5.46. The van der Waals surface area contributed by atoms with Crippen LogP contribution in [0.1, 0.15) is 21.8 Å². The van der Waals surface area contributed by atoms with Gasteiger partial charge in [0.05, 0.1) is 22.7 Å². The highest BCUT2D eigenvalue weighted by Crippen LogP contribution is 2.32. The maximum Gasteiger partial charge on any atom is 0.291 e. The van der Waals surface area contributed by atoms with Gasteiger partial charge in [0.25, 0.3) is 11.6 Å². The molecular formula is C22H15Cl2N5O4. The van der Waals surface area contributed by atoms with E-state index in [-0.39, 0.29) is 11.4 Å². The Morgan fingerprint density at radius 1 is 1.15 bits per heavy atom. The first-order valence-electron chi connectivity index (χ1n) is 9.54. The van der Waals surface area contributed by atoms with Gasteiger partial charge in [-0.1, -0.05) is 35.3 Å². The number of rotatable bonds is 7. The van der Waals surface area contributed by atoms with Gasteiger partial charge in [-0.3, -0.25) is 19.6 Å². The van der Waals surface area contributed by atoms with Crippen LogP contribution in [0, 0.1) is 10.1 Å². The lowest BCUT2D eigenvalue weighted by Crippen LogP contribution is -2.18. The minimum Gasteiger partial charge on any atom is -0.455 e. The van der Waals surface area contributed by atoms with Crippen molar-refractivity contribution in [2.45, 2.75) is 6.54 Å². The predicted octanol–water partition coefficient (Wildman–Crippen LogP) is 5.17. The van der Waals surface area contributed by atoms with Crippen LogP contribution in [-0.4, -0.2) is 26.8 Å². The number of hydrazone groups is 1. The van der Waals surface area contributed by atoms with E-state index in [1.807, 2.05) is 12.1 Å². The van der Waals surface area contributed by atoms with Gasteiger partial charge in [-0.05, 0) is 42.0 Å². The van der Waals surface area contributed by atoms with Gasteiger partial charge in [-0.25, -0.2) is 5.43 Å². The van der Waals surface area contributed by atoms with Crippen LogP contribution in [-0.2, 0) is 6.54 Å². The highest BCUT2D eigenvalue weighted by atomic mass is 35.5. The summed E-state index contributed by atoms with van der Waals surface area (Å²) >= 11 is 12.0. The molecule has 0 aliphatic rings. The van der Waals surface area contributed by atoms with Gasteiger partial charge >= 0.3 is 0 Å². The van der Waals surface area contributed by atoms with E-state index >= 15 is 0 Å². The number of amides is 1. The van der Waals surface area contributed by atoms with E-state index < -0.39 is 10.8 Å². The molecule has 4 rings (SSSR count). The number of halogens is 2. The largest absolute Gasteiger partial charge is 0.455 e. The predicted molar refractivity (Wildman–Crippen MR) is 124 cm³/mol. The number of nitro benzene ring substituents is 1. The van der Waals surface area contributed by atoms with E-state index in [9.17, 15) is 14.9 Å². The molecule has 2 aromatic carbocycles. The van der Waals surface area contributed by atoms with Crippen molar-refractivity contribution < 1.29 is 14.1 Å². The van der Waals surface area contributed by atoms with Crippen LogP contribution in [0.5, 0.6) is 0 Å².